The Morgan fingerprint density at radius 1 is 1.12 bits per heavy atom. The van der Waals surface area contributed by atoms with Gasteiger partial charge in [-0.2, -0.15) is 0 Å². The molecule has 8 heteroatoms. The maximum absolute atomic E-state index is 12.2. The quantitative estimate of drug-likeness (QED) is 0.632. The van der Waals surface area contributed by atoms with Crippen LogP contribution in [0.15, 0.2) is 58.2 Å². The highest BCUT2D eigenvalue weighted by atomic mass is 79.9. The number of aromatic nitrogens is 2. The normalized spacial score (nSPS) is 11.8. The molecule has 0 aliphatic heterocycles. The third-order valence-electron chi connectivity index (χ3n) is 3.61. The smallest absolute Gasteiger partial charge is 0.242 e. The van der Waals surface area contributed by atoms with E-state index in [4.69, 9.17) is 4.74 Å². The van der Waals surface area contributed by atoms with Gasteiger partial charge in [0, 0.05) is 18.6 Å². The zero-order valence-corrected chi connectivity index (χ0v) is 16.1. The Morgan fingerprint density at radius 2 is 1.92 bits per heavy atom. The van der Waals surface area contributed by atoms with Crippen molar-refractivity contribution in [2.45, 2.75) is 11.5 Å². The van der Waals surface area contributed by atoms with E-state index in [1.807, 2.05) is 24.3 Å². The Labute approximate surface area is 154 Å². The first-order valence-electron chi connectivity index (χ1n) is 7.42. The predicted octanol–water partition coefficient (Wildman–Crippen LogP) is 3.22. The predicted molar refractivity (Wildman–Crippen MR) is 98.9 cm³/mol. The molecule has 0 bridgehead atoms. The molecule has 0 fully saturated rings. The summed E-state index contributed by atoms with van der Waals surface area (Å²) >= 11 is 3.43. The van der Waals surface area contributed by atoms with Gasteiger partial charge in [-0.15, -0.1) is 0 Å². The largest absolute Gasteiger partial charge is 0.472 e. The van der Waals surface area contributed by atoms with Crippen LogP contribution in [0.25, 0.3) is 10.9 Å². The second-order valence-corrected chi connectivity index (χ2v) is 8.63. The van der Waals surface area contributed by atoms with Crippen LogP contribution in [0.4, 0.5) is 0 Å². The maximum atomic E-state index is 12.2. The van der Waals surface area contributed by atoms with Crippen LogP contribution in [0.2, 0.25) is 0 Å². The lowest BCUT2D eigenvalue weighted by atomic mass is 10.2. The molecular weight excluding hydrogens is 406 g/mol. The third kappa shape index (κ3) is 3.81. The molecule has 0 aliphatic rings. The van der Waals surface area contributed by atoms with Gasteiger partial charge in [0.2, 0.25) is 15.9 Å². The minimum absolute atomic E-state index is 0.204. The molecule has 0 N–H and O–H groups in total. The summed E-state index contributed by atoms with van der Waals surface area (Å²) in [6.07, 6.45) is 1.44. The van der Waals surface area contributed by atoms with E-state index in [1.54, 1.807) is 18.2 Å². The number of sulfonamides is 1. The minimum Gasteiger partial charge on any atom is -0.472 e. The first kappa shape index (κ1) is 17.8. The number of rotatable bonds is 5. The summed E-state index contributed by atoms with van der Waals surface area (Å²) in [5, 5.41) is 0.786. The van der Waals surface area contributed by atoms with Gasteiger partial charge in [0.25, 0.3) is 0 Å². The molecule has 3 aromatic rings. The Balaban J connectivity index is 1.87. The fourth-order valence-electron chi connectivity index (χ4n) is 2.28. The Hall–Kier alpha value is -2.03. The second kappa shape index (κ2) is 7.07. The molecule has 0 atom stereocenters. The standard InChI is InChI=1S/C17H16BrN3O3S/c1-21(2)25(22,23)14-5-3-4-12(8-14)10-24-17-15-9-13(18)6-7-16(15)19-11-20-17/h3-9,11H,10H2,1-2H3. The van der Waals surface area contributed by atoms with E-state index in [2.05, 4.69) is 25.9 Å². The van der Waals surface area contributed by atoms with Crippen LogP contribution in [-0.4, -0.2) is 36.8 Å². The first-order valence-corrected chi connectivity index (χ1v) is 9.66. The summed E-state index contributed by atoms with van der Waals surface area (Å²) in [5.41, 5.74) is 1.52. The summed E-state index contributed by atoms with van der Waals surface area (Å²) in [5.74, 6) is 0.451. The van der Waals surface area contributed by atoms with Gasteiger partial charge in [-0.05, 0) is 35.9 Å². The highest BCUT2D eigenvalue weighted by Crippen LogP contribution is 2.25. The molecule has 0 unspecified atom stereocenters. The van der Waals surface area contributed by atoms with Crippen LogP contribution in [0.3, 0.4) is 0 Å². The molecule has 0 radical (unpaired) electrons. The monoisotopic (exact) mass is 421 g/mol. The van der Waals surface area contributed by atoms with E-state index in [0.29, 0.717) is 5.88 Å². The lowest BCUT2D eigenvalue weighted by Crippen LogP contribution is -2.22. The molecule has 0 aliphatic carbocycles. The average Bonchev–Trinajstić information content (AvgIpc) is 2.60. The Bertz CT molecular complexity index is 1020. The molecule has 6 nitrogen and oxygen atoms in total. The number of hydrogen-bond acceptors (Lipinski definition) is 5. The van der Waals surface area contributed by atoms with Gasteiger partial charge in [0.05, 0.1) is 15.8 Å². The van der Waals surface area contributed by atoms with E-state index in [1.165, 1.54) is 24.7 Å². The molecule has 0 saturated heterocycles. The van der Waals surface area contributed by atoms with Crippen molar-refractivity contribution in [1.29, 1.82) is 0 Å². The highest BCUT2D eigenvalue weighted by molar-refractivity contribution is 9.10. The van der Waals surface area contributed by atoms with E-state index in [-0.39, 0.29) is 11.5 Å². The van der Waals surface area contributed by atoms with Crippen LogP contribution in [-0.2, 0) is 16.6 Å². The van der Waals surface area contributed by atoms with Gasteiger partial charge in [0.1, 0.15) is 12.9 Å². The van der Waals surface area contributed by atoms with Crippen molar-refractivity contribution < 1.29 is 13.2 Å². The van der Waals surface area contributed by atoms with Crippen molar-refractivity contribution in [2.24, 2.45) is 0 Å². The molecule has 1 aromatic heterocycles. The fourth-order valence-corrected chi connectivity index (χ4v) is 3.61. The zero-order chi connectivity index (χ0) is 18.0. The lowest BCUT2D eigenvalue weighted by molar-refractivity contribution is 0.297. The molecule has 25 heavy (non-hydrogen) atoms. The SMILES string of the molecule is CN(C)S(=O)(=O)c1cccc(COc2ncnc3ccc(Br)cc23)c1. The summed E-state index contributed by atoms with van der Waals surface area (Å²) in [7, 11) is -0.470. The maximum Gasteiger partial charge on any atom is 0.242 e. The van der Waals surface area contributed by atoms with Crippen LogP contribution in [0.5, 0.6) is 5.88 Å². The molecule has 2 aromatic carbocycles. The molecule has 0 spiro atoms. The van der Waals surface area contributed by atoms with Gasteiger partial charge in [-0.1, -0.05) is 28.1 Å². The van der Waals surface area contributed by atoms with Crippen molar-refractivity contribution in [2.75, 3.05) is 14.1 Å². The molecular formula is C17H16BrN3O3S. The third-order valence-corrected chi connectivity index (χ3v) is 5.92. The fraction of sp³-hybridized carbons (Fsp3) is 0.176. The van der Waals surface area contributed by atoms with Gasteiger partial charge in [-0.3, -0.25) is 0 Å². The van der Waals surface area contributed by atoms with E-state index in [0.717, 1.165) is 20.9 Å². The first-order chi connectivity index (χ1) is 11.9. The van der Waals surface area contributed by atoms with E-state index < -0.39 is 10.0 Å². The van der Waals surface area contributed by atoms with Crippen molar-refractivity contribution >= 4 is 36.9 Å². The van der Waals surface area contributed by atoms with Gasteiger partial charge in [0.15, 0.2) is 0 Å². The average molecular weight is 422 g/mol. The van der Waals surface area contributed by atoms with Crippen molar-refractivity contribution in [3.63, 3.8) is 0 Å². The molecule has 0 saturated carbocycles. The summed E-state index contributed by atoms with van der Waals surface area (Å²) < 4.78 is 32.4. The van der Waals surface area contributed by atoms with Crippen LogP contribution >= 0.6 is 15.9 Å². The summed E-state index contributed by atoms with van der Waals surface area (Å²) in [6, 6.07) is 12.3. The Morgan fingerprint density at radius 3 is 2.68 bits per heavy atom. The highest BCUT2D eigenvalue weighted by Gasteiger charge is 2.17. The topological polar surface area (TPSA) is 72.4 Å². The van der Waals surface area contributed by atoms with E-state index in [9.17, 15) is 8.42 Å². The number of halogens is 1. The number of nitrogens with zero attached hydrogens (tertiary/aromatic N) is 3. The molecule has 130 valence electrons. The lowest BCUT2D eigenvalue weighted by Gasteiger charge is -2.13. The van der Waals surface area contributed by atoms with Crippen molar-refractivity contribution in [3.05, 3.63) is 58.8 Å². The van der Waals surface area contributed by atoms with Crippen molar-refractivity contribution in [3.8, 4) is 5.88 Å². The molecule has 1 heterocycles. The summed E-state index contributed by atoms with van der Waals surface area (Å²) in [4.78, 5) is 8.62. The second-order valence-electron chi connectivity index (χ2n) is 5.56. The molecule has 0 amide bonds. The van der Waals surface area contributed by atoms with Crippen LogP contribution < -0.4 is 4.74 Å². The number of hydrogen-bond donors (Lipinski definition) is 0. The van der Waals surface area contributed by atoms with Gasteiger partial charge < -0.3 is 4.74 Å². The number of ether oxygens (including phenoxy) is 1. The summed E-state index contributed by atoms with van der Waals surface area (Å²) in [6.45, 7) is 0.204. The van der Waals surface area contributed by atoms with Crippen molar-refractivity contribution in [1.82, 2.24) is 14.3 Å². The van der Waals surface area contributed by atoms with E-state index >= 15 is 0 Å². The number of fused-ring (bicyclic) bond motifs is 1. The number of benzene rings is 2. The van der Waals surface area contributed by atoms with Gasteiger partial charge >= 0.3 is 0 Å². The minimum atomic E-state index is -3.48. The molecule has 3 rings (SSSR count). The Kier molecular flexibility index (Phi) is 5.03. The van der Waals surface area contributed by atoms with Gasteiger partial charge in [-0.25, -0.2) is 22.7 Å². The van der Waals surface area contributed by atoms with Crippen LogP contribution in [0.1, 0.15) is 5.56 Å². The zero-order valence-electron chi connectivity index (χ0n) is 13.7. The van der Waals surface area contributed by atoms with Crippen LogP contribution in [0, 0.1) is 0 Å².